The number of anilines is 2. The second kappa shape index (κ2) is 12.1. The number of hydrogen-bond donors (Lipinski definition) is 2. The third-order valence-electron chi connectivity index (χ3n) is 5.20. The van der Waals surface area contributed by atoms with Crippen molar-refractivity contribution in [3.8, 4) is 11.3 Å². The number of benzene rings is 2. The van der Waals surface area contributed by atoms with Gasteiger partial charge in [-0.05, 0) is 30.3 Å². The molecule has 0 saturated heterocycles. The maximum atomic E-state index is 15.0. The van der Waals surface area contributed by atoms with Gasteiger partial charge in [-0.15, -0.1) is 0 Å². The first-order valence-corrected chi connectivity index (χ1v) is 13.7. The molecule has 0 amide bonds. The van der Waals surface area contributed by atoms with Gasteiger partial charge in [-0.2, -0.15) is 0 Å². The van der Waals surface area contributed by atoms with Gasteiger partial charge in [-0.3, -0.25) is 9.20 Å². The zero-order valence-corrected chi connectivity index (χ0v) is 23.8. The Kier molecular flexibility index (Phi) is 9.35. The number of halogens is 3. The van der Waals surface area contributed by atoms with Crippen LogP contribution in [0, 0.1) is 5.82 Å². The summed E-state index contributed by atoms with van der Waals surface area (Å²) in [6.07, 6.45) is 4.80. The number of hydrogen-bond acceptors (Lipinski definition) is 6. The number of esters is 1. The fourth-order valence-electron chi connectivity index (χ4n) is 3.56. The molecular weight excluding hydrogens is 552 g/mol. The first-order chi connectivity index (χ1) is 17.8. The lowest BCUT2D eigenvalue weighted by molar-refractivity contribution is -0.142. The Morgan fingerprint density at radius 2 is 1.95 bits per heavy atom. The Bertz CT molecular complexity index is 1500. The molecule has 4 rings (SSSR count). The minimum Gasteiger partial charge on any atom is -0.461 e. The SMILES string of the molecule is CC(=O)OCc1cc(Cl)ccc1Cl.CS(=O)Nc1cccc(-c2nc(C(C)(C)C)n3ccnc(N)c23)c1F. The highest BCUT2D eigenvalue weighted by molar-refractivity contribution is 7.85. The monoisotopic (exact) mass is 579 g/mol. The highest BCUT2D eigenvalue weighted by atomic mass is 35.5. The lowest BCUT2D eigenvalue weighted by Crippen LogP contribution is -2.16. The summed E-state index contributed by atoms with van der Waals surface area (Å²) in [6, 6.07) is 9.86. The molecule has 0 spiro atoms. The van der Waals surface area contributed by atoms with Crippen LogP contribution in [0.2, 0.25) is 10.0 Å². The average molecular weight is 581 g/mol. The largest absolute Gasteiger partial charge is 0.461 e. The van der Waals surface area contributed by atoms with Crippen LogP contribution in [0.1, 0.15) is 39.1 Å². The van der Waals surface area contributed by atoms with Crippen LogP contribution >= 0.6 is 23.2 Å². The summed E-state index contributed by atoms with van der Waals surface area (Å²) >= 11 is 11.6. The Hall–Kier alpha value is -3.21. The van der Waals surface area contributed by atoms with E-state index in [2.05, 4.69) is 14.7 Å². The van der Waals surface area contributed by atoms with Gasteiger partial charge in [-0.1, -0.05) is 50.0 Å². The van der Waals surface area contributed by atoms with Crippen LogP contribution < -0.4 is 10.5 Å². The number of fused-ring (bicyclic) bond motifs is 1. The molecule has 4 aromatic rings. The zero-order valence-electron chi connectivity index (χ0n) is 21.5. The van der Waals surface area contributed by atoms with E-state index in [9.17, 15) is 13.4 Å². The van der Waals surface area contributed by atoms with Crippen LogP contribution in [0.4, 0.5) is 15.9 Å². The molecule has 12 heteroatoms. The first kappa shape index (κ1) is 29.3. The minimum absolute atomic E-state index is 0.152. The third-order valence-corrected chi connectivity index (χ3v) is 6.31. The van der Waals surface area contributed by atoms with Gasteiger partial charge < -0.3 is 15.2 Å². The molecule has 0 radical (unpaired) electrons. The summed E-state index contributed by atoms with van der Waals surface area (Å²) in [5.41, 5.74) is 7.91. The standard InChI is InChI=1S/C17H20FN5OS.C9H8Cl2O2/c1-17(2,3)16-21-13(14-15(19)20-8-9-23(14)16)10-6-5-7-11(12(10)18)22-25(4)24;1-6(12)13-5-7-4-8(10)2-3-9(7)11/h5-9,22H,1-4H3,(H2,19,20);2-4H,5H2,1H3. The van der Waals surface area contributed by atoms with Crippen molar-refractivity contribution in [2.45, 2.75) is 39.7 Å². The van der Waals surface area contributed by atoms with E-state index in [-0.39, 0.29) is 35.1 Å². The molecule has 8 nitrogen and oxygen atoms in total. The lowest BCUT2D eigenvalue weighted by Gasteiger charge is -2.16. The zero-order chi connectivity index (χ0) is 28.2. The number of imidazole rings is 1. The molecule has 0 aliphatic carbocycles. The van der Waals surface area contributed by atoms with Gasteiger partial charge >= 0.3 is 5.97 Å². The second-order valence-electron chi connectivity index (χ2n) is 9.30. The molecule has 2 heterocycles. The Morgan fingerprint density at radius 1 is 1.24 bits per heavy atom. The van der Waals surface area contributed by atoms with Crippen LogP contribution in [0.3, 0.4) is 0 Å². The quantitative estimate of drug-likeness (QED) is 0.273. The summed E-state index contributed by atoms with van der Waals surface area (Å²) in [6.45, 7) is 7.58. The average Bonchev–Trinajstić information content (AvgIpc) is 3.22. The number of nitrogen functional groups attached to an aromatic ring is 1. The van der Waals surface area contributed by atoms with Crippen molar-refractivity contribution >= 4 is 57.2 Å². The normalized spacial score (nSPS) is 12.0. The first-order valence-electron chi connectivity index (χ1n) is 11.4. The van der Waals surface area contributed by atoms with E-state index in [1.54, 1.807) is 42.7 Å². The molecule has 0 saturated carbocycles. The van der Waals surface area contributed by atoms with Gasteiger partial charge in [0.25, 0.3) is 0 Å². The molecule has 0 aliphatic heterocycles. The van der Waals surface area contributed by atoms with Crippen LogP contribution in [0.25, 0.3) is 16.8 Å². The van der Waals surface area contributed by atoms with E-state index in [0.717, 1.165) is 5.82 Å². The van der Waals surface area contributed by atoms with E-state index in [1.165, 1.54) is 19.2 Å². The fraction of sp³-hybridized carbons (Fsp3) is 0.269. The summed E-state index contributed by atoms with van der Waals surface area (Å²) in [5, 5.41) is 1.12. The summed E-state index contributed by atoms with van der Waals surface area (Å²) in [4.78, 5) is 19.3. The van der Waals surface area contributed by atoms with Crippen LogP contribution in [0.5, 0.6) is 0 Å². The van der Waals surface area contributed by atoms with E-state index >= 15 is 0 Å². The summed E-state index contributed by atoms with van der Waals surface area (Å²) < 4.78 is 35.6. The third kappa shape index (κ3) is 7.00. The predicted molar refractivity (Wildman–Crippen MR) is 151 cm³/mol. The highest BCUT2D eigenvalue weighted by Crippen LogP contribution is 2.35. The molecule has 0 aliphatic rings. The number of carbonyl (C=O) groups is 1. The molecule has 1 atom stereocenters. The molecule has 1 unspecified atom stereocenters. The van der Waals surface area contributed by atoms with Crippen molar-refractivity contribution < 1.29 is 18.1 Å². The van der Waals surface area contributed by atoms with Crippen molar-refractivity contribution in [1.82, 2.24) is 14.4 Å². The predicted octanol–water partition coefficient (Wildman–Crippen LogP) is 6.18. The van der Waals surface area contributed by atoms with Gasteiger partial charge in [0.05, 0.1) is 5.69 Å². The van der Waals surface area contributed by atoms with Crippen molar-refractivity contribution in [2.75, 3.05) is 16.7 Å². The summed E-state index contributed by atoms with van der Waals surface area (Å²) in [7, 11) is -1.38. The maximum absolute atomic E-state index is 15.0. The van der Waals surface area contributed by atoms with Crippen LogP contribution in [-0.4, -0.2) is 30.8 Å². The van der Waals surface area contributed by atoms with Gasteiger partial charge in [0.2, 0.25) is 0 Å². The Balaban J connectivity index is 0.000000260. The number of aromatic nitrogens is 3. The van der Waals surface area contributed by atoms with Crippen LogP contribution in [-0.2, 0) is 32.5 Å². The number of carbonyl (C=O) groups excluding carboxylic acids is 1. The van der Waals surface area contributed by atoms with Crippen molar-refractivity contribution in [3.05, 3.63) is 76.0 Å². The van der Waals surface area contributed by atoms with Crippen molar-refractivity contribution in [1.29, 1.82) is 0 Å². The maximum Gasteiger partial charge on any atom is 0.302 e. The number of nitrogens with one attached hydrogen (secondary N) is 1. The van der Waals surface area contributed by atoms with E-state index in [4.69, 9.17) is 33.7 Å². The van der Waals surface area contributed by atoms with E-state index in [0.29, 0.717) is 26.8 Å². The number of nitrogens with two attached hydrogens (primary N) is 1. The number of nitrogens with zero attached hydrogens (tertiary/aromatic N) is 3. The van der Waals surface area contributed by atoms with E-state index in [1.807, 2.05) is 25.2 Å². The van der Waals surface area contributed by atoms with Crippen molar-refractivity contribution in [2.24, 2.45) is 0 Å². The molecule has 2 aromatic carbocycles. The van der Waals surface area contributed by atoms with Gasteiger partial charge in [0, 0.05) is 52.2 Å². The minimum atomic E-state index is -1.38. The lowest BCUT2D eigenvalue weighted by atomic mass is 9.96. The van der Waals surface area contributed by atoms with Gasteiger partial charge in [-0.25, -0.2) is 18.6 Å². The topological polar surface area (TPSA) is 112 Å². The molecule has 0 fully saturated rings. The molecule has 2 aromatic heterocycles. The molecule has 0 bridgehead atoms. The number of rotatable bonds is 5. The highest BCUT2D eigenvalue weighted by Gasteiger charge is 2.26. The smallest absolute Gasteiger partial charge is 0.302 e. The van der Waals surface area contributed by atoms with Gasteiger partial charge in [0.1, 0.15) is 40.4 Å². The molecular formula is C26H28Cl2FN5O3S. The molecule has 3 N–H and O–H groups in total. The Labute approximate surface area is 232 Å². The van der Waals surface area contributed by atoms with Crippen LogP contribution in [0.15, 0.2) is 48.8 Å². The number of ether oxygens (including phenoxy) is 1. The second-order valence-corrected chi connectivity index (χ2v) is 11.3. The Morgan fingerprint density at radius 3 is 2.58 bits per heavy atom. The molecule has 202 valence electrons. The van der Waals surface area contributed by atoms with Gasteiger partial charge in [0.15, 0.2) is 5.82 Å². The summed E-state index contributed by atoms with van der Waals surface area (Å²) in [5.74, 6) is 0.165. The van der Waals surface area contributed by atoms with E-state index < -0.39 is 16.8 Å². The fourth-order valence-corrected chi connectivity index (χ4v) is 4.40. The van der Waals surface area contributed by atoms with Crippen molar-refractivity contribution in [3.63, 3.8) is 0 Å². The molecule has 38 heavy (non-hydrogen) atoms.